The van der Waals surface area contributed by atoms with Crippen molar-refractivity contribution in [1.29, 1.82) is 0 Å². The normalized spacial score (nSPS) is 23.5. The van der Waals surface area contributed by atoms with Crippen molar-refractivity contribution in [1.82, 2.24) is 20.2 Å². The number of anilines is 4. The fraction of sp³-hybridized carbons (Fsp3) is 0.568. The highest BCUT2D eigenvalue weighted by Gasteiger charge is 2.57. The Bertz CT molecular complexity index is 2040. The molecular formula is C44H59FN8O5S. The van der Waals surface area contributed by atoms with Crippen molar-refractivity contribution in [3.63, 3.8) is 0 Å². The van der Waals surface area contributed by atoms with Gasteiger partial charge in [0.2, 0.25) is 23.7 Å². The van der Waals surface area contributed by atoms with Crippen LogP contribution in [0, 0.1) is 18.7 Å². The molecule has 3 aliphatic heterocycles. The Morgan fingerprint density at radius 3 is 2.31 bits per heavy atom. The molecular weight excluding hydrogens is 772 g/mol. The van der Waals surface area contributed by atoms with Crippen molar-refractivity contribution >= 4 is 51.8 Å². The van der Waals surface area contributed by atoms with Gasteiger partial charge >= 0.3 is 0 Å². The molecule has 1 aromatic heterocycles. The monoisotopic (exact) mass is 830 g/mol. The lowest BCUT2D eigenvalue weighted by atomic mass is 9.88. The first-order valence-electron chi connectivity index (χ1n) is 21.4. The number of piperazine rings is 1. The van der Waals surface area contributed by atoms with Crippen LogP contribution in [0.25, 0.3) is 0 Å². The molecule has 5 fully saturated rings. The fourth-order valence-electron chi connectivity index (χ4n) is 9.15. The number of benzene rings is 2. The van der Waals surface area contributed by atoms with Crippen LogP contribution in [0.4, 0.5) is 27.5 Å². The molecule has 1 spiro atoms. The maximum atomic E-state index is 14.8. The number of nitrogens with zero attached hydrogens (tertiary/aromatic N) is 4. The average molecular weight is 831 g/mol. The molecule has 4 heterocycles. The number of carbonyl (C=O) groups is 3. The first-order valence-corrected chi connectivity index (χ1v) is 22.6. The highest BCUT2D eigenvalue weighted by Crippen LogP contribution is 2.54. The van der Waals surface area contributed by atoms with Crippen LogP contribution < -0.4 is 26.0 Å². The zero-order valence-electron chi connectivity index (χ0n) is 34.3. The smallest absolute Gasteiger partial charge is 0.236 e. The summed E-state index contributed by atoms with van der Waals surface area (Å²) < 4.78 is 26.1. The molecule has 3 aliphatic carbocycles. The van der Waals surface area contributed by atoms with Crippen LogP contribution in [0.15, 0.2) is 47.5 Å². The molecule has 318 valence electrons. The number of nitrogens with two attached hydrogens (primary N) is 1. The van der Waals surface area contributed by atoms with E-state index in [4.69, 9.17) is 10.2 Å². The summed E-state index contributed by atoms with van der Waals surface area (Å²) in [6, 6.07) is 10.9. The SMILES string of the molecule is CC1CN(c2ccc(C3CCC(=O)NC3=O)c(F)c2)CCN1CC1CCCCC1.Cc1cc(S(N)=O)ccc1Nc1ncc2c(n1)NC(=O)C21CC1.OC1CCCCC1. The summed E-state index contributed by atoms with van der Waals surface area (Å²) in [4.78, 5) is 49.5. The van der Waals surface area contributed by atoms with E-state index in [1.807, 2.05) is 13.0 Å². The number of hydrogen-bond donors (Lipinski definition) is 5. The van der Waals surface area contributed by atoms with E-state index in [2.05, 4.69) is 42.6 Å². The minimum Gasteiger partial charge on any atom is -0.393 e. The molecule has 3 amide bonds. The van der Waals surface area contributed by atoms with E-state index in [9.17, 15) is 23.0 Å². The van der Waals surface area contributed by atoms with Crippen LogP contribution >= 0.6 is 0 Å². The Morgan fingerprint density at radius 2 is 1.69 bits per heavy atom. The number of aromatic nitrogens is 2. The van der Waals surface area contributed by atoms with Gasteiger partial charge in [0.25, 0.3) is 0 Å². The van der Waals surface area contributed by atoms with E-state index in [0.29, 0.717) is 34.7 Å². The number of aryl methyl sites for hydroxylation is 1. The van der Waals surface area contributed by atoms with Crippen molar-refractivity contribution in [2.45, 2.75) is 132 Å². The molecule has 0 bridgehead atoms. The van der Waals surface area contributed by atoms with E-state index in [-0.39, 0.29) is 35.6 Å². The maximum Gasteiger partial charge on any atom is 0.236 e. The Hall–Kier alpha value is -4.31. The van der Waals surface area contributed by atoms with Gasteiger partial charge in [-0.1, -0.05) is 44.6 Å². The quantitative estimate of drug-likeness (QED) is 0.171. The van der Waals surface area contributed by atoms with Gasteiger partial charge in [-0.2, -0.15) is 4.98 Å². The molecule has 6 N–H and O–H groups in total. The number of nitrogens with one attached hydrogen (secondary N) is 3. The van der Waals surface area contributed by atoms with Crippen molar-refractivity contribution in [3.8, 4) is 0 Å². The molecule has 2 saturated heterocycles. The summed E-state index contributed by atoms with van der Waals surface area (Å²) in [6.07, 6.45) is 16.9. The van der Waals surface area contributed by atoms with Gasteiger partial charge in [-0.25, -0.2) is 18.7 Å². The number of hydrogen-bond acceptors (Lipinski definition) is 10. The second kappa shape index (κ2) is 18.9. The number of fused-ring (bicyclic) bond motifs is 2. The molecule has 15 heteroatoms. The van der Waals surface area contributed by atoms with Crippen molar-refractivity contribution in [2.75, 3.05) is 41.7 Å². The number of aliphatic hydroxyl groups excluding tert-OH is 1. The highest BCUT2D eigenvalue weighted by molar-refractivity contribution is 7.82. The summed E-state index contributed by atoms with van der Waals surface area (Å²) in [5, 5.41) is 22.5. The number of rotatable bonds is 7. The molecule has 3 saturated carbocycles. The lowest BCUT2D eigenvalue weighted by Gasteiger charge is -2.43. The van der Waals surface area contributed by atoms with Crippen LogP contribution in [0.5, 0.6) is 0 Å². The molecule has 6 aliphatic rings. The topological polar surface area (TPSA) is 183 Å². The zero-order chi connectivity index (χ0) is 41.7. The van der Waals surface area contributed by atoms with Gasteiger partial charge in [0.1, 0.15) is 22.6 Å². The molecule has 2 aromatic carbocycles. The van der Waals surface area contributed by atoms with Crippen LogP contribution in [0.3, 0.4) is 0 Å². The Balaban J connectivity index is 0.000000156. The third kappa shape index (κ3) is 10.4. The summed E-state index contributed by atoms with van der Waals surface area (Å²) in [6.45, 7) is 8.14. The molecule has 9 rings (SSSR count). The summed E-state index contributed by atoms with van der Waals surface area (Å²) in [5.74, 6) is 0.255. The lowest BCUT2D eigenvalue weighted by Crippen LogP contribution is -2.53. The highest BCUT2D eigenvalue weighted by atomic mass is 32.2. The number of carbonyl (C=O) groups excluding carboxylic acids is 3. The molecule has 3 aromatic rings. The second-order valence-corrected chi connectivity index (χ2v) is 18.3. The first-order chi connectivity index (χ1) is 28.4. The van der Waals surface area contributed by atoms with E-state index in [1.54, 1.807) is 36.5 Å². The predicted molar refractivity (Wildman–Crippen MR) is 227 cm³/mol. The van der Waals surface area contributed by atoms with Crippen LogP contribution in [0.2, 0.25) is 0 Å². The van der Waals surface area contributed by atoms with Crippen LogP contribution in [-0.2, 0) is 30.8 Å². The van der Waals surface area contributed by atoms with Crippen molar-refractivity contribution < 1.29 is 28.1 Å². The third-order valence-electron chi connectivity index (χ3n) is 12.9. The van der Waals surface area contributed by atoms with Crippen LogP contribution in [-0.4, -0.2) is 80.2 Å². The Labute approximate surface area is 349 Å². The molecule has 59 heavy (non-hydrogen) atoms. The standard InChI is InChI=1S/C23H32FN3O2.C15H15N5O2S.C6H12O/c1-16-14-27(12-11-26(16)15-17-5-3-2-4-6-17)18-7-8-19(21(24)13-18)20-9-10-22(28)25-23(20)29;1-8-6-9(23(16)22)2-3-11(8)18-14-17-7-10-12(20-14)19-13(21)15(10)4-5-15;7-6-4-2-1-3-5-6/h7-8,13,16-17,20H,2-6,9-12,14-15H2,1H3,(H,25,28,29);2-3,6-7H,4-5,16H2,1H3,(H2,17,18,19,20,21);6-7H,1-5H2. The van der Waals surface area contributed by atoms with Crippen molar-refractivity contribution in [3.05, 3.63) is 65.1 Å². The van der Waals surface area contributed by atoms with Gasteiger partial charge in [-0.05, 0) is 101 Å². The summed E-state index contributed by atoms with van der Waals surface area (Å²) in [7, 11) is -1.51. The fourth-order valence-corrected chi connectivity index (χ4v) is 9.64. The van der Waals surface area contributed by atoms with Gasteiger partial charge in [0.05, 0.1) is 22.3 Å². The number of imide groups is 1. The van der Waals surface area contributed by atoms with E-state index >= 15 is 0 Å². The third-order valence-corrected chi connectivity index (χ3v) is 13.6. The van der Waals surface area contributed by atoms with E-state index < -0.39 is 22.8 Å². The molecule has 3 atom stereocenters. The van der Waals surface area contributed by atoms with Gasteiger partial charge < -0.3 is 20.6 Å². The number of aliphatic hydroxyl groups is 1. The van der Waals surface area contributed by atoms with Gasteiger partial charge in [0.15, 0.2) is 0 Å². The van der Waals surface area contributed by atoms with Crippen LogP contribution in [0.1, 0.15) is 119 Å². The second-order valence-electron chi connectivity index (χ2n) is 17.2. The molecule has 13 nitrogen and oxygen atoms in total. The van der Waals surface area contributed by atoms with Gasteiger partial charge in [-0.3, -0.25) is 24.6 Å². The number of halogens is 1. The maximum absolute atomic E-state index is 14.8. The van der Waals surface area contributed by atoms with Gasteiger partial charge in [0, 0.05) is 67.3 Å². The largest absolute Gasteiger partial charge is 0.393 e. The molecule has 0 radical (unpaired) electrons. The van der Waals surface area contributed by atoms with E-state index in [0.717, 1.165) is 73.7 Å². The Kier molecular flexibility index (Phi) is 13.7. The minimum absolute atomic E-state index is 0.0184. The van der Waals surface area contributed by atoms with Crippen molar-refractivity contribution in [2.24, 2.45) is 11.1 Å². The lowest BCUT2D eigenvalue weighted by molar-refractivity contribution is -0.134. The number of piperidine rings is 1. The average Bonchev–Trinajstić information content (AvgIpc) is 3.98. The van der Waals surface area contributed by atoms with E-state index in [1.165, 1.54) is 57.9 Å². The predicted octanol–water partition coefficient (Wildman–Crippen LogP) is 6.24. The first kappa shape index (κ1) is 42.8. The summed E-state index contributed by atoms with van der Waals surface area (Å²) in [5.41, 5.74) is 3.46. The van der Waals surface area contributed by atoms with Gasteiger partial charge in [-0.15, -0.1) is 0 Å². The minimum atomic E-state index is -1.51. The summed E-state index contributed by atoms with van der Waals surface area (Å²) >= 11 is 0. The Morgan fingerprint density at radius 1 is 0.966 bits per heavy atom. The number of amides is 3. The zero-order valence-corrected chi connectivity index (χ0v) is 35.1. The molecule has 3 unspecified atom stereocenters.